The molecular weight excluding hydrogens is 308 g/mol. The van der Waals surface area contributed by atoms with Crippen molar-refractivity contribution in [2.75, 3.05) is 13.6 Å². The van der Waals surface area contributed by atoms with E-state index in [1.165, 1.54) is 17.0 Å². The molecule has 0 aliphatic carbocycles. The first-order chi connectivity index (χ1) is 11.0. The van der Waals surface area contributed by atoms with Crippen molar-refractivity contribution in [3.05, 3.63) is 40.1 Å². The Morgan fingerprint density at radius 2 is 2.26 bits per heavy atom. The zero-order chi connectivity index (χ0) is 16.6. The molecule has 6 heteroatoms. The number of amides is 1. The van der Waals surface area contributed by atoms with Crippen molar-refractivity contribution in [2.24, 2.45) is 0 Å². The minimum atomic E-state index is 0.0106. The fourth-order valence-corrected chi connectivity index (χ4v) is 3.62. The molecule has 5 nitrogen and oxygen atoms in total. The highest BCUT2D eigenvalue weighted by molar-refractivity contribution is 7.12. The number of carbonyl (C=O) groups is 1. The Hall–Kier alpha value is -1.66. The predicted molar refractivity (Wildman–Crippen MR) is 92.6 cm³/mol. The number of hydrogen-bond donors (Lipinski definition) is 0. The predicted octanol–water partition coefficient (Wildman–Crippen LogP) is 3.00. The summed E-state index contributed by atoms with van der Waals surface area (Å²) < 4.78 is 2.28. The summed E-state index contributed by atoms with van der Waals surface area (Å²) in [5.74, 6) is 1.11. The van der Waals surface area contributed by atoms with Crippen LogP contribution in [0.4, 0.5) is 0 Å². The molecule has 0 N–H and O–H groups in total. The fraction of sp³-hybridized carbons (Fsp3) is 0.529. The van der Waals surface area contributed by atoms with Gasteiger partial charge >= 0.3 is 0 Å². The Morgan fingerprint density at radius 3 is 2.91 bits per heavy atom. The number of imidazole rings is 1. The molecule has 1 amide bonds. The van der Waals surface area contributed by atoms with E-state index in [1.807, 2.05) is 28.6 Å². The maximum Gasteiger partial charge on any atom is 0.264 e. The van der Waals surface area contributed by atoms with Gasteiger partial charge in [-0.1, -0.05) is 6.07 Å². The summed E-state index contributed by atoms with van der Waals surface area (Å²) in [6.45, 7) is 8.89. The van der Waals surface area contributed by atoms with E-state index in [-0.39, 0.29) is 11.9 Å². The van der Waals surface area contributed by atoms with Gasteiger partial charge < -0.3 is 9.47 Å². The van der Waals surface area contributed by atoms with Gasteiger partial charge in [-0.25, -0.2) is 4.98 Å². The van der Waals surface area contributed by atoms with Gasteiger partial charge in [-0.05, 0) is 39.3 Å². The van der Waals surface area contributed by atoms with E-state index >= 15 is 0 Å². The van der Waals surface area contributed by atoms with Gasteiger partial charge in [0.15, 0.2) is 0 Å². The average molecular weight is 332 g/mol. The molecule has 0 spiro atoms. The SMILES string of the molecule is CC(C)N(C)Cc1cnc2n1CCN(C(=O)c1cccs1)C2C. The van der Waals surface area contributed by atoms with Crippen LogP contribution in [0.15, 0.2) is 23.7 Å². The van der Waals surface area contributed by atoms with E-state index in [0.29, 0.717) is 6.04 Å². The van der Waals surface area contributed by atoms with Crippen molar-refractivity contribution in [3.63, 3.8) is 0 Å². The Kier molecular flexibility index (Phi) is 4.55. The van der Waals surface area contributed by atoms with Crippen LogP contribution in [0.1, 0.15) is 48.0 Å². The molecule has 1 atom stereocenters. The molecule has 0 saturated carbocycles. The fourth-order valence-electron chi connectivity index (χ4n) is 2.94. The minimum absolute atomic E-state index is 0.0106. The lowest BCUT2D eigenvalue weighted by atomic mass is 10.2. The van der Waals surface area contributed by atoms with Crippen molar-refractivity contribution < 1.29 is 4.79 Å². The molecule has 0 aromatic carbocycles. The van der Waals surface area contributed by atoms with Crippen LogP contribution in [0, 0.1) is 0 Å². The average Bonchev–Trinajstić information content (AvgIpc) is 3.17. The van der Waals surface area contributed by atoms with Crippen molar-refractivity contribution >= 4 is 17.2 Å². The molecule has 23 heavy (non-hydrogen) atoms. The molecule has 1 aliphatic rings. The molecule has 3 heterocycles. The second kappa shape index (κ2) is 6.45. The summed E-state index contributed by atoms with van der Waals surface area (Å²) in [5.41, 5.74) is 1.23. The van der Waals surface area contributed by atoms with Crippen LogP contribution in [0.25, 0.3) is 0 Å². The number of thiophene rings is 1. The lowest BCUT2D eigenvalue weighted by Gasteiger charge is -2.34. The third kappa shape index (κ3) is 3.05. The van der Waals surface area contributed by atoms with E-state index in [0.717, 1.165) is 30.3 Å². The molecule has 0 radical (unpaired) electrons. The van der Waals surface area contributed by atoms with Crippen LogP contribution in [0.5, 0.6) is 0 Å². The molecule has 2 aromatic heterocycles. The van der Waals surface area contributed by atoms with Gasteiger partial charge in [-0.3, -0.25) is 9.69 Å². The standard InChI is InChI=1S/C17H24N4OS/c1-12(2)19(4)11-14-10-18-16-13(3)20(7-8-21(14)16)17(22)15-6-5-9-23-15/h5-6,9-10,12-13H,7-8,11H2,1-4H3. The highest BCUT2D eigenvalue weighted by atomic mass is 32.1. The quantitative estimate of drug-likeness (QED) is 0.864. The van der Waals surface area contributed by atoms with Gasteiger partial charge in [0, 0.05) is 31.9 Å². The number of nitrogens with zero attached hydrogens (tertiary/aromatic N) is 4. The Morgan fingerprint density at radius 1 is 1.48 bits per heavy atom. The maximum atomic E-state index is 12.6. The summed E-state index contributed by atoms with van der Waals surface area (Å²) >= 11 is 1.50. The molecule has 0 saturated heterocycles. The second-order valence-electron chi connectivity index (χ2n) is 6.42. The number of carbonyl (C=O) groups excluding carboxylic acids is 1. The topological polar surface area (TPSA) is 41.4 Å². The summed E-state index contributed by atoms with van der Waals surface area (Å²) in [5, 5.41) is 1.95. The number of aromatic nitrogens is 2. The Bertz CT molecular complexity index is 677. The van der Waals surface area contributed by atoms with Crippen LogP contribution in [-0.4, -0.2) is 44.9 Å². The van der Waals surface area contributed by atoms with Gasteiger partial charge in [0.25, 0.3) is 5.91 Å². The summed E-state index contributed by atoms with van der Waals surface area (Å²) in [7, 11) is 2.13. The van der Waals surface area contributed by atoms with Crippen molar-refractivity contribution in [2.45, 2.75) is 45.9 Å². The molecule has 3 rings (SSSR count). The number of rotatable bonds is 4. The molecule has 0 fully saturated rings. The van der Waals surface area contributed by atoms with E-state index in [4.69, 9.17) is 0 Å². The zero-order valence-electron chi connectivity index (χ0n) is 14.2. The molecule has 0 bridgehead atoms. The van der Waals surface area contributed by atoms with Crippen LogP contribution in [-0.2, 0) is 13.1 Å². The van der Waals surface area contributed by atoms with Gasteiger partial charge in [-0.15, -0.1) is 11.3 Å². The van der Waals surface area contributed by atoms with Crippen molar-refractivity contribution in [1.29, 1.82) is 0 Å². The van der Waals surface area contributed by atoms with Gasteiger partial charge in [0.1, 0.15) is 5.82 Å². The number of hydrogen-bond acceptors (Lipinski definition) is 4. The Balaban J connectivity index is 1.80. The zero-order valence-corrected chi connectivity index (χ0v) is 15.0. The van der Waals surface area contributed by atoms with Crippen LogP contribution in [0.2, 0.25) is 0 Å². The van der Waals surface area contributed by atoms with E-state index in [2.05, 4.69) is 42.3 Å². The van der Waals surface area contributed by atoms with E-state index in [9.17, 15) is 4.79 Å². The Labute approximate surface area is 141 Å². The van der Waals surface area contributed by atoms with Crippen LogP contribution < -0.4 is 0 Å². The van der Waals surface area contributed by atoms with Crippen LogP contribution in [0.3, 0.4) is 0 Å². The first-order valence-corrected chi connectivity index (χ1v) is 8.96. The van der Waals surface area contributed by atoms with Gasteiger partial charge in [0.05, 0.1) is 16.6 Å². The van der Waals surface area contributed by atoms with Crippen LogP contribution >= 0.6 is 11.3 Å². The van der Waals surface area contributed by atoms with E-state index < -0.39 is 0 Å². The third-order valence-corrected chi connectivity index (χ3v) is 5.52. The smallest absolute Gasteiger partial charge is 0.264 e. The van der Waals surface area contributed by atoms with Gasteiger partial charge in [-0.2, -0.15) is 0 Å². The molecule has 1 aliphatic heterocycles. The molecule has 124 valence electrons. The lowest BCUT2D eigenvalue weighted by Crippen LogP contribution is -2.41. The summed E-state index contributed by atoms with van der Waals surface area (Å²) in [4.78, 5) is 22.3. The van der Waals surface area contributed by atoms with Crippen molar-refractivity contribution in [3.8, 4) is 0 Å². The first-order valence-electron chi connectivity index (χ1n) is 8.08. The normalized spacial score (nSPS) is 17.8. The maximum absolute atomic E-state index is 12.6. The second-order valence-corrected chi connectivity index (χ2v) is 7.37. The lowest BCUT2D eigenvalue weighted by molar-refractivity contribution is 0.0640. The summed E-state index contributed by atoms with van der Waals surface area (Å²) in [6.07, 6.45) is 1.96. The monoisotopic (exact) mass is 332 g/mol. The minimum Gasteiger partial charge on any atom is -0.327 e. The first kappa shape index (κ1) is 16.2. The molecular formula is C17H24N4OS. The highest BCUT2D eigenvalue weighted by Gasteiger charge is 2.31. The largest absolute Gasteiger partial charge is 0.327 e. The number of fused-ring (bicyclic) bond motifs is 1. The molecule has 2 aromatic rings. The summed E-state index contributed by atoms with van der Waals surface area (Å²) in [6, 6.07) is 4.33. The highest BCUT2D eigenvalue weighted by Crippen LogP contribution is 2.28. The van der Waals surface area contributed by atoms with E-state index in [1.54, 1.807) is 0 Å². The molecule has 1 unspecified atom stereocenters. The third-order valence-electron chi connectivity index (χ3n) is 4.66. The van der Waals surface area contributed by atoms with Gasteiger partial charge in [0.2, 0.25) is 0 Å². The van der Waals surface area contributed by atoms with Crippen molar-refractivity contribution in [1.82, 2.24) is 19.4 Å².